The van der Waals surface area contributed by atoms with Gasteiger partial charge in [-0.3, -0.25) is 0 Å². The number of unbranched alkanes of at least 4 members (excludes halogenated alkanes) is 1. The van der Waals surface area contributed by atoms with Crippen molar-refractivity contribution in [2.75, 3.05) is 13.2 Å². The molecule has 0 atom stereocenters. The van der Waals surface area contributed by atoms with Crippen LogP contribution in [0.2, 0.25) is 0 Å². The average molecular weight is 611 g/mol. The van der Waals surface area contributed by atoms with Crippen molar-refractivity contribution < 1.29 is 19.7 Å². The summed E-state index contributed by atoms with van der Waals surface area (Å²) in [6, 6.07) is 21.4. The lowest BCUT2D eigenvalue weighted by atomic mass is 9.91. The van der Waals surface area contributed by atoms with E-state index in [4.69, 9.17) is 14.6 Å². The van der Waals surface area contributed by atoms with Gasteiger partial charge in [0.15, 0.2) is 0 Å². The van der Waals surface area contributed by atoms with Crippen molar-refractivity contribution in [2.24, 2.45) is 11.8 Å². The Kier molecular flexibility index (Phi) is 13.3. The van der Waals surface area contributed by atoms with E-state index >= 15 is 0 Å². The summed E-state index contributed by atoms with van der Waals surface area (Å²) in [6.45, 7) is 19.2. The van der Waals surface area contributed by atoms with Gasteiger partial charge in [-0.1, -0.05) is 87.9 Å². The first-order valence-corrected chi connectivity index (χ1v) is 16.4. The average Bonchev–Trinajstić information content (AvgIpc) is 3.36. The van der Waals surface area contributed by atoms with Crippen molar-refractivity contribution in [3.63, 3.8) is 0 Å². The van der Waals surface area contributed by atoms with Crippen molar-refractivity contribution >= 4 is 21.9 Å². The molecule has 0 spiro atoms. The minimum absolute atomic E-state index is 0.306. The second kappa shape index (κ2) is 16.6. The molecule has 4 nitrogen and oxygen atoms in total. The Morgan fingerprint density at radius 1 is 0.644 bits per heavy atom. The Bertz CT molecular complexity index is 1660. The van der Waals surface area contributed by atoms with Crippen LogP contribution in [-0.4, -0.2) is 28.5 Å². The van der Waals surface area contributed by atoms with Gasteiger partial charge < -0.3 is 19.7 Å². The first kappa shape index (κ1) is 35.9. The Hall–Kier alpha value is -3.60. The second-order valence-corrected chi connectivity index (χ2v) is 13.3. The van der Waals surface area contributed by atoms with E-state index in [9.17, 15) is 5.11 Å². The zero-order chi connectivity index (χ0) is 33.3. The molecule has 0 fully saturated rings. The molecule has 1 aromatic heterocycles. The highest BCUT2D eigenvalue weighted by Gasteiger charge is 2.15. The molecule has 0 radical (unpaired) electrons. The maximum absolute atomic E-state index is 11.1. The molecule has 1 heterocycles. The number of aryl methyl sites for hydroxylation is 7. The van der Waals surface area contributed by atoms with E-state index < -0.39 is 0 Å². The first-order valence-electron chi connectivity index (χ1n) is 16.4. The number of phenols is 1. The third-order valence-corrected chi connectivity index (χ3v) is 7.96. The van der Waals surface area contributed by atoms with Gasteiger partial charge in [-0.2, -0.15) is 0 Å². The van der Waals surface area contributed by atoms with Gasteiger partial charge in [0, 0.05) is 29.5 Å². The molecule has 5 rings (SSSR count). The fourth-order valence-corrected chi connectivity index (χ4v) is 5.79. The summed E-state index contributed by atoms with van der Waals surface area (Å²) in [4.78, 5) is 0. The van der Waals surface area contributed by atoms with Crippen molar-refractivity contribution in [1.82, 2.24) is 0 Å². The van der Waals surface area contributed by atoms with Crippen LogP contribution in [0.5, 0.6) is 5.75 Å². The highest BCUT2D eigenvalue weighted by Crippen LogP contribution is 2.38. The highest BCUT2D eigenvalue weighted by molar-refractivity contribution is 6.07. The van der Waals surface area contributed by atoms with Gasteiger partial charge in [-0.25, -0.2) is 0 Å². The van der Waals surface area contributed by atoms with Crippen LogP contribution < -0.4 is 0 Å². The summed E-state index contributed by atoms with van der Waals surface area (Å²) in [6.07, 6.45) is 3.88. The zero-order valence-electron chi connectivity index (χ0n) is 28.9. The lowest BCUT2D eigenvalue weighted by molar-refractivity contribution is 0.248. The number of fused-ring (bicyclic) bond motifs is 3. The van der Waals surface area contributed by atoms with E-state index in [0.29, 0.717) is 30.8 Å². The molecular weight excluding hydrogens is 556 g/mol. The molecular formula is C41H54O4. The van der Waals surface area contributed by atoms with E-state index in [1.165, 1.54) is 44.2 Å². The summed E-state index contributed by atoms with van der Waals surface area (Å²) in [7, 11) is 0. The van der Waals surface area contributed by atoms with Crippen molar-refractivity contribution in [1.29, 1.82) is 0 Å². The Labute approximate surface area is 270 Å². The van der Waals surface area contributed by atoms with Gasteiger partial charge in [-0.15, -0.1) is 0 Å². The number of benzene rings is 4. The zero-order valence-corrected chi connectivity index (χ0v) is 28.9. The van der Waals surface area contributed by atoms with Crippen LogP contribution in [0.3, 0.4) is 0 Å². The van der Waals surface area contributed by atoms with Gasteiger partial charge in [0.2, 0.25) is 0 Å². The molecule has 0 aliphatic heterocycles. The number of furan rings is 1. The molecule has 4 aromatic carbocycles. The molecule has 3 N–H and O–H groups in total. The fourth-order valence-electron chi connectivity index (χ4n) is 5.79. The maximum Gasteiger partial charge on any atom is 0.138 e. The molecule has 0 saturated carbocycles. The molecule has 4 heteroatoms. The number of phenolic OH excluding ortho intramolecular Hbond substituents is 1. The normalized spacial score (nSPS) is 11.1. The van der Waals surface area contributed by atoms with Crippen LogP contribution >= 0.6 is 0 Å². The molecule has 0 unspecified atom stereocenters. The Morgan fingerprint density at radius 2 is 1.13 bits per heavy atom. The minimum atomic E-state index is 0.306. The van der Waals surface area contributed by atoms with Crippen molar-refractivity contribution in [3.05, 3.63) is 99.6 Å². The summed E-state index contributed by atoms with van der Waals surface area (Å²) in [5.74, 6) is 1.30. The maximum atomic E-state index is 11.1. The van der Waals surface area contributed by atoms with Crippen LogP contribution in [-0.2, 0) is 12.8 Å². The van der Waals surface area contributed by atoms with E-state index in [1.54, 1.807) is 0 Å². The van der Waals surface area contributed by atoms with Gasteiger partial charge in [0.05, 0.1) is 0 Å². The number of hydrogen-bond donors (Lipinski definition) is 3. The van der Waals surface area contributed by atoms with Crippen molar-refractivity contribution in [3.8, 4) is 16.9 Å². The highest BCUT2D eigenvalue weighted by atomic mass is 16.3. The molecule has 0 aliphatic rings. The summed E-state index contributed by atoms with van der Waals surface area (Å²) < 4.78 is 6.34. The third-order valence-electron chi connectivity index (χ3n) is 7.96. The number of aliphatic hydroxyl groups excluding tert-OH is 2. The molecule has 45 heavy (non-hydrogen) atoms. The molecule has 242 valence electrons. The molecule has 0 saturated heterocycles. The van der Waals surface area contributed by atoms with E-state index in [-0.39, 0.29) is 0 Å². The van der Waals surface area contributed by atoms with Crippen LogP contribution in [0.4, 0.5) is 0 Å². The van der Waals surface area contributed by atoms with Crippen LogP contribution in [0.15, 0.2) is 65.1 Å². The van der Waals surface area contributed by atoms with E-state index in [0.717, 1.165) is 53.5 Å². The molecule has 0 bridgehead atoms. The van der Waals surface area contributed by atoms with Crippen LogP contribution in [0, 0.1) is 46.5 Å². The van der Waals surface area contributed by atoms with E-state index in [2.05, 4.69) is 89.2 Å². The van der Waals surface area contributed by atoms with Crippen LogP contribution in [0.25, 0.3) is 33.1 Å². The molecule has 0 aliphatic carbocycles. The van der Waals surface area contributed by atoms with E-state index in [1.807, 2.05) is 33.8 Å². The van der Waals surface area contributed by atoms with Gasteiger partial charge in [-0.05, 0) is 117 Å². The lowest BCUT2D eigenvalue weighted by Gasteiger charge is -2.15. The monoisotopic (exact) mass is 610 g/mol. The quantitative estimate of drug-likeness (QED) is 0.153. The lowest BCUT2D eigenvalue weighted by Crippen LogP contribution is -1.94. The van der Waals surface area contributed by atoms with Gasteiger partial charge in [0.1, 0.15) is 16.9 Å². The predicted molar refractivity (Wildman–Crippen MR) is 191 cm³/mol. The number of hydrogen-bond acceptors (Lipinski definition) is 4. The Morgan fingerprint density at radius 3 is 1.71 bits per heavy atom. The summed E-state index contributed by atoms with van der Waals surface area (Å²) in [5.41, 5.74) is 12.5. The number of aromatic hydroxyl groups is 1. The van der Waals surface area contributed by atoms with Gasteiger partial charge >= 0.3 is 0 Å². The largest absolute Gasteiger partial charge is 0.507 e. The summed E-state index contributed by atoms with van der Waals surface area (Å²) >= 11 is 0. The smallest absolute Gasteiger partial charge is 0.138 e. The number of rotatable bonds is 8. The number of aliphatic hydroxyl groups is 2. The Balaban J connectivity index is 0.000000482. The SMILES string of the molecule is CC(C)CO.CC(C)CO.Cc1cc(C)c(-c2cccc(CCCCc3cccc4c3oc3cc(C)cc(C)c34)c2O)c(C)c1. The van der Waals surface area contributed by atoms with Gasteiger partial charge in [0.25, 0.3) is 0 Å². The standard InChI is InChI=1S/C33H34O2.2C4H10O/c1-20-16-22(3)30(23(4)17-20)27-14-8-12-25(32(27)34)10-6-7-11-26-13-9-15-28-31-24(5)18-21(2)19-29(31)35-33(26)28;2*1-4(2)3-5/h8-9,12-19,34H,6-7,10-11H2,1-5H3;2*4-5H,3H2,1-2H3. The predicted octanol–water partition coefficient (Wildman–Crippen LogP) is 10.3. The topological polar surface area (TPSA) is 73.8 Å². The first-order chi connectivity index (χ1) is 21.4. The van der Waals surface area contributed by atoms with Crippen LogP contribution in [0.1, 0.15) is 79.5 Å². The minimum Gasteiger partial charge on any atom is -0.507 e. The molecule has 5 aromatic rings. The summed E-state index contributed by atoms with van der Waals surface area (Å²) in [5, 5.41) is 29.9. The third kappa shape index (κ3) is 9.45. The van der Waals surface area contributed by atoms with Crippen molar-refractivity contribution in [2.45, 2.75) is 88.0 Å². The number of para-hydroxylation sites is 2. The fraction of sp³-hybridized carbons (Fsp3) is 0.415. The molecule has 0 amide bonds. The second-order valence-electron chi connectivity index (χ2n) is 13.3.